The Morgan fingerprint density at radius 3 is 2.44 bits per heavy atom. The summed E-state index contributed by atoms with van der Waals surface area (Å²) in [5, 5.41) is 2.79. The summed E-state index contributed by atoms with van der Waals surface area (Å²) in [5.41, 5.74) is 1.87. The number of methoxy groups -OCH3 is 1. The third kappa shape index (κ3) is 8.61. The fraction of sp³-hybridized carbons (Fsp3) is 0.375. The van der Waals surface area contributed by atoms with Gasteiger partial charge in [-0.3, -0.25) is 4.79 Å². The first kappa shape index (κ1) is 25.2. The van der Waals surface area contributed by atoms with Crippen LogP contribution in [0.4, 0.5) is 0 Å². The van der Waals surface area contributed by atoms with Crippen molar-refractivity contribution >= 4 is 15.9 Å². The molecule has 8 heteroatoms. The molecule has 0 fully saturated rings. The molecule has 2 aromatic rings. The zero-order chi connectivity index (χ0) is 23.6. The highest BCUT2D eigenvalue weighted by atomic mass is 32.2. The van der Waals surface area contributed by atoms with Gasteiger partial charge in [-0.05, 0) is 42.2 Å². The predicted octanol–water partition coefficient (Wildman–Crippen LogP) is 2.36. The number of rotatable bonds is 10. The standard InChI is InChI=1S/C24H30N2O5S/c1-18(2)23(26-32(4,28)29)24(27)25-15-14-20-12-13-21(22(17-20)30-3)31-16-8-11-19-9-6-5-7-10-19/h5-7,9-10,12-13,17-18,23,26H,14-16H2,1-4H3,(H,25,27)/t23-/m0/s1. The van der Waals surface area contributed by atoms with Crippen LogP contribution in [0.15, 0.2) is 48.5 Å². The van der Waals surface area contributed by atoms with E-state index in [1.165, 1.54) is 0 Å². The molecule has 2 rings (SSSR count). The van der Waals surface area contributed by atoms with Gasteiger partial charge in [-0.2, -0.15) is 0 Å². The topological polar surface area (TPSA) is 93.7 Å². The smallest absolute Gasteiger partial charge is 0.238 e. The maximum Gasteiger partial charge on any atom is 0.238 e. The highest BCUT2D eigenvalue weighted by molar-refractivity contribution is 7.88. The van der Waals surface area contributed by atoms with Gasteiger partial charge in [-0.25, -0.2) is 13.1 Å². The molecule has 0 aliphatic carbocycles. The number of hydrogen-bond donors (Lipinski definition) is 2. The Morgan fingerprint density at radius 1 is 1.09 bits per heavy atom. The molecule has 2 aromatic carbocycles. The minimum Gasteiger partial charge on any atom is -0.493 e. The number of hydrogen-bond acceptors (Lipinski definition) is 5. The number of sulfonamides is 1. The molecule has 0 unspecified atom stereocenters. The molecule has 2 N–H and O–H groups in total. The number of nitrogens with one attached hydrogen (secondary N) is 2. The van der Waals surface area contributed by atoms with Crippen LogP contribution in [0.1, 0.15) is 25.0 Å². The Morgan fingerprint density at radius 2 is 1.81 bits per heavy atom. The van der Waals surface area contributed by atoms with Crippen LogP contribution in [-0.2, 0) is 21.2 Å². The van der Waals surface area contributed by atoms with E-state index >= 15 is 0 Å². The van der Waals surface area contributed by atoms with Crippen molar-refractivity contribution in [3.63, 3.8) is 0 Å². The summed E-state index contributed by atoms with van der Waals surface area (Å²) in [6.07, 6.45) is 1.60. The minimum atomic E-state index is -3.48. The van der Waals surface area contributed by atoms with E-state index in [1.54, 1.807) is 21.0 Å². The van der Waals surface area contributed by atoms with Gasteiger partial charge in [0, 0.05) is 12.1 Å². The summed E-state index contributed by atoms with van der Waals surface area (Å²) < 4.78 is 36.5. The number of amides is 1. The second kappa shape index (κ2) is 12.1. The van der Waals surface area contributed by atoms with Gasteiger partial charge < -0.3 is 14.8 Å². The second-order valence-corrected chi connectivity index (χ2v) is 9.37. The molecule has 0 bridgehead atoms. The van der Waals surface area contributed by atoms with Gasteiger partial charge in [0.1, 0.15) is 12.6 Å². The molecule has 1 amide bonds. The zero-order valence-electron chi connectivity index (χ0n) is 18.8. The normalized spacial score (nSPS) is 11.9. The Bertz CT molecular complexity index is 1060. The number of ether oxygens (including phenoxy) is 2. The quantitative estimate of drug-likeness (QED) is 0.533. The predicted molar refractivity (Wildman–Crippen MR) is 125 cm³/mol. The third-order valence-electron chi connectivity index (χ3n) is 4.54. The van der Waals surface area contributed by atoms with E-state index in [-0.39, 0.29) is 18.4 Å². The molecule has 0 aliphatic heterocycles. The molecule has 0 radical (unpaired) electrons. The first-order valence-electron chi connectivity index (χ1n) is 10.3. The summed E-state index contributed by atoms with van der Waals surface area (Å²) in [4.78, 5) is 12.4. The minimum absolute atomic E-state index is 0.175. The molecule has 0 saturated heterocycles. The Kier molecular flexibility index (Phi) is 9.57. The van der Waals surface area contributed by atoms with E-state index in [0.717, 1.165) is 17.4 Å². The van der Waals surface area contributed by atoms with Crippen molar-refractivity contribution in [2.75, 3.05) is 26.5 Å². The number of carbonyl (C=O) groups excluding carboxylic acids is 1. The van der Waals surface area contributed by atoms with E-state index in [4.69, 9.17) is 9.47 Å². The zero-order valence-corrected chi connectivity index (χ0v) is 19.7. The van der Waals surface area contributed by atoms with Gasteiger partial charge in [-0.15, -0.1) is 0 Å². The number of carbonyl (C=O) groups is 1. The Hall–Kier alpha value is -3.02. The summed E-state index contributed by atoms with van der Waals surface area (Å²) in [7, 11) is -1.92. The molecule has 0 spiro atoms. The molecule has 172 valence electrons. The average molecular weight is 459 g/mol. The summed E-state index contributed by atoms with van der Waals surface area (Å²) in [5.74, 6) is 6.64. The van der Waals surface area contributed by atoms with Gasteiger partial charge >= 0.3 is 0 Å². The maximum atomic E-state index is 12.4. The lowest BCUT2D eigenvalue weighted by Gasteiger charge is -2.20. The molecule has 32 heavy (non-hydrogen) atoms. The summed E-state index contributed by atoms with van der Waals surface area (Å²) in [6.45, 7) is 4.16. The fourth-order valence-corrected chi connectivity index (χ4v) is 3.76. The first-order chi connectivity index (χ1) is 15.2. The largest absolute Gasteiger partial charge is 0.493 e. The first-order valence-corrected chi connectivity index (χ1v) is 12.2. The Balaban J connectivity index is 1.90. The molecule has 0 aromatic heterocycles. The molecule has 0 heterocycles. The van der Waals surface area contributed by atoms with Crippen LogP contribution in [0.2, 0.25) is 0 Å². The van der Waals surface area contributed by atoms with Crippen LogP contribution in [-0.4, -0.2) is 46.9 Å². The molecular formula is C24H30N2O5S. The lowest BCUT2D eigenvalue weighted by molar-refractivity contribution is -0.123. The number of benzene rings is 2. The van der Waals surface area contributed by atoms with Gasteiger partial charge in [0.2, 0.25) is 15.9 Å². The van der Waals surface area contributed by atoms with Crippen molar-refractivity contribution in [1.82, 2.24) is 10.0 Å². The SMILES string of the molecule is COc1cc(CCNC(=O)[C@@H](NS(C)(=O)=O)C(C)C)ccc1OCC#Cc1ccccc1. The van der Waals surface area contributed by atoms with Crippen molar-refractivity contribution in [3.05, 3.63) is 59.7 Å². The summed E-state index contributed by atoms with van der Waals surface area (Å²) in [6, 6.07) is 14.4. The van der Waals surface area contributed by atoms with Crippen molar-refractivity contribution < 1.29 is 22.7 Å². The van der Waals surface area contributed by atoms with Crippen LogP contribution in [0.5, 0.6) is 11.5 Å². The van der Waals surface area contributed by atoms with Gasteiger partial charge in [0.25, 0.3) is 0 Å². The molecule has 0 aliphatic rings. The lowest BCUT2D eigenvalue weighted by Crippen LogP contribution is -2.49. The van der Waals surface area contributed by atoms with Crippen molar-refractivity contribution in [1.29, 1.82) is 0 Å². The van der Waals surface area contributed by atoms with Crippen molar-refractivity contribution in [2.45, 2.75) is 26.3 Å². The Labute approximate surface area is 190 Å². The van der Waals surface area contributed by atoms with Crippen LogP contribution in [0.3, 0.4) is 0 Å². The van der Waals surface area contributed by atoms with Gasteiger partial charge in [-0.1, -0.05) is 50.0 Å². The maximum absolute atomic E-state index is 12.4. The van der Waals surface area contributed by atoms with Crippen LogP contribution in [0, 0.1) is 17.8 Å². The van der Waals surface area contributed by atoms with Crippen molar-refractivity contribution in [2.24, 2.45) is 5.92 Å². The summed E-state index contributed by atoms with van der Waals surface area (Å²) >= 11 is 0. The van der Waals surface area contributed by atoms with E-state index < -0.39 is 16.1 Å². The fourth-order valence-electron chi connectivity index (χ4n) is 2.92. The van der Waals surface area contributed by atoms with E-state index in [9.17, 15) is 13.2 Å². The van der Waals surface area contributed by atoms with Crippen LogP contribution in [0.25, 0.3) is 0 Å². The van der Waals surface area contributed by atoms with E-state index in [0.29, 0.717) is 24.5 Å². The van der Waals surface area contributed by atoms with Crippen LogP contribution >= 0.6 is 0 Å². The molecule has 7 nitrogen and oxygen atoms in total. The highest BCUT2D eigenvalue weighted by Gasteiger charge is 2.24. The molecular weight excluding hydrogens is 428 g/mol. The highest BCUT2D eigenvalue weighted by Crippen LogP contribution is 2.28. The monoisotopic (exact) mass is 458 g/mol. The third-order valence-corrected chi connectivity index (χ3v) is 5.22. The lowest BCUT2D eigenvalue weighted by atomic mass is 10.0. The van der Waals surface area contributed by atoms with E-state index in [2.05, 4.69) is 21.9 Å². The molecule has 0 saturated carbocycles. The van der Waals surface area contributed by atoms with Crippen molar-refractivity contribution in [3.8, 4) is 23.3 Å². The van der Waals surface area contributed by atoms with Gasteiger partial charge in [0.15, 0.2) is 11.5 Å². The second-order valence-electron chi connectivity index (χ2n) is 7.59. The van der Waals surface area contributed by atoms with Crippen LogP contribution < -0.4 is 19.5 Å². The average Bonchev–Trinajstić information content (AvgIpc) is 2.75. The molecule has 1 atom stereocenters. The van der Waals surface area contributed by atoms with E-state index in [1.807, 2.05) is 48.5 Å². The van der Waals surface area contributed by atoms with Gasteiger partial charge in [0.05, 0.1) is 13.4 Å².